The first-order valence-electron chi connectivity index (χ1n) is 4.67. The van der Waals surface area contributed by atoms with E-state index in [9.17, 15) is 0 Å². The Kier molecular flexibility index (Phi) is 5.79. The maximum absolute atomic E-state index is 7.21. The fourth-order valence-corrected chi connectivity index (χ4v) is 0.994. The Morgan fingerprint density at radius 1 is 1.33 bits per heavy atom. The molecule has 0 atom stereocenters. The Hall–Kier alpha value is -1.22. The Labute approximate surface area is 96.5 Å². The molecule has 0 aliphatic rings. The summed E-state index contributed by atoms with van der Waals surface area (Å²) in [5.41, 5.74) is 6.05. The summed E-state index contributed by atoms with van der Waals surface area (Å²) in [5.74, 6) is 1.42. The highest BCUT2D eigenvalue weighted by Crippen LogP contribution is 2.12. The van der Waals surface area contributed by atoms with Gasteiger partial charge in [-0.2, -0.15) is 0 Å². The van der Waals surface area contributed by atoms with Crippen molar-refractivity contribution in [3.63, 3.8) is 0 Å². The van der Waals surface area contributed by atoms with Crippen molar-refractivity contribution in [2.24, 2.45) is 11.7 Å². The van der Waals surface area contributed by atoms with E-state index >= 15 is 0 Å². The first-order chi connectivity index (χ1) is 6.59. The second kappa shape index (κ2) is 6.30. The van der Waals surface area contributed by atoms with Crippen molar-refractivity contribution in [2.45, 2.75) is 13.8 Å². The minimum Gasteiger partial charge on any atom is -0.493 e. The number of hydrogen-bond donors (Lipinski definition) is 2. The van der Waals surface area contributed by atoms with Crippen LogP contribution in [-0.4, -0.2) is 12.4 Å². The smallest absolute Gasteiger partial charge is 0.122 e. The van der Waals surface area contributed by atoms with Gasteiger partial charge in [0.25, 0.3) is 0 Å². The van der Waals surface area contributed by atoms with Gasteiger partial charge in [-0.1, -0.05) is 13.8 Å². The summed E-state index contributed by atoms with van der Waals surface area (Å²) >= 11 is 0. The normalized spacial score (nSPS) is 9.53. The van der Waals surface area contributed by atoms with Crippen LogP contribution in [0.1, 0.15) is 19.4 Å². The lowest BCUT2D eigenvalue weighted by Crippen LogP contribution is -2.10. The highest BCUT2D eigenvalue weighted by atomic mass is 35.5. The van der Waals surface area contributed by atoms with E-state index in [1.54, 1.807) is 12.1 Å². The van der Waals surface area contributed by atoms with E-state index in [1.807, 2.05) is 12.1 Å². The van der Waals surface area contributed by atoms with Crippen molar-refractivity contribution in [2.75, 3.05) is 6.61 Å². The van der Waals surface area contributed by atoms with Crippen LogP contribution in [0.15, 0.2) is 24.3 Å². The number of nitrogens with two attached hydrogens (primary N) is 1. The Bertz CT molecular complexity index is 309. The van der Waals surface area contributed by atoms with Gasteiger partial charge in [-0.05, 0) is 30.2 Å². The highest BCUT2D eigenvalue weighted by Gasteiger charge is 1.98. The molecule has 0 saturated carbocycles. The van der Waals surface area contributed by atoms with Crippen molar-refractivity contribution < 1.29 is 4.74 Å². The highest BCUT2D eigenvalue weighted by molar-refractivity contribution is 5.94. The minimum atomic E-state index is 0. The number of amidine groups is 1. The lowest BCUT2D eigenvalue weighted by atomic mass is 10.2. The van der Waals surface area contributed by atoms with Gasteiger partial charge in [0.15, 0.2) is 0 Å². The summed E-state index contributed by atoms with van der Waals surface area (Å²) in [5, 5.41) is 7.21. The maximum Gasteiger partial charge on any atom is 0.122 e. The van der Waals surface area contributed by atoms with Crippen LogP contribution >= 0.6 is 12.4 Å². The van der Waals surface area contributed by atoms with Crippen LogP contribution in [0.2, 0.25) is 0 Å². The standard InChI is InChI=1S/C11H16N2O.ClH/c1-8(2)7-14-10-5-3-9(4-6-10)11(12)13;/h3-6,8H,7H2,1-2H3,(H3,12,13);1H. The summed E-state index contributed by atoms with van der Waals surface area (Å²) in [7, 11) is 0. The Morgan fingerprint density at radius 2 is 1.87 bits per heavy atom. The van der Waals surface area contributed by atoms with Crippen molar-refractivity contribution >= 4 is 18.2 Å². The van der Waals surface area contributed by atoms with Crippen LogP contribution in [0.5, 0.6) is 5.75 Å². The number of rotatable bonds is 4. The van der Waals surface area contributed by atoms with E-state index in [1.165, 1.54) is 0 Å². The molecule has 84 valence electrons. The van der Waals surface area contributed by atoms with Gasteiger partial charge in [-0.15, -0.1) is 12.4 Å². The summed E-state index contributed by atoms with van der Waals surface area (Å²) < 4.78 is 5.49. The average Bonchev–Trinajstić information content (AvgIpc) is 2.15. The topological polar surface area (TPSA) is 59.1 Å². The number of hydrogen-bond acceptors (Lipinski definition) is 2. The fourth-order valence-electron chi connectivity index (χ4n) is 0.994. The van der Waals surface area contributed by atoms with Crippen molar-refractivity contribution in [3.8, 4) is 5.75 Å². The molecule has 0 amide bonds. The minimum absolute atomic E-state index is 0. The van der Waals surface area contributed by atoms with E-state index < -0.39 is 0 Å². The van der Waals surface area contributed by atoms with Crippen LogP contribution < -0.4 is 10.5 Å². The second-order valence-electron chi connectivity index (χ2n) is 3.64. The van der Waals surface area contributed by atoms with Gasteiger partial charge in [0.2, 0.25) is 0 Å². The fraction of sp³-hybridized carbons (Fsp3) is 0.364. The summed E-state index contributed by atoms with van der Waals surface area (Å²) in [4.78, 5) is 0. The monoisotopic (exact) mass is 228 g/mol. The maximum atomic E-state index is 7.21. The van der Waals surface area contributed by atoms with Crippen LogP contribution in [0, 0.1) is 11.3 Å². The van der Waals surface area contributed by atoms with Crippen LogP contribution in [0.25, 0.3) is 0 Å². The Balaban J connectivity index is 0.00000196. The summed E-state index contributed by atoms with van der Waals surface area (Å²) in [6.07, 6.45) is 0. The van der Waals surface area contributed by atoms with E-state index in [-0.39, 0.29) is 18.2 Å². The summed E-state index contributed by atoms with van der Waals surface area (Å²) in [6.45, 7) is 4.91. The van der Waals surface area contributed by atoms with E-state index in [0.717, 1.165) is 11.3 Å². The molecular weight excluding hydrogens is 212 g/mol. The third-order valence-electron chi connectivity index (χ3n) is 1.75. The van der Waals surface area contributed by atoms with E-state index in [0.29, 0.717) is 12.5 Å². The number of halogens is 1. The molecule has 1 rings (SSSR count). The molecule has 0 heterocycles. The molecule has 0 bridgehead atoms. The predicted octanol–water partition coefficient (Wildman–Crippen LogP) is 2.43. The van der Waals surface area contributed by atoms with Gasteiger partial charge in [0, 0.05) is 5.56 Å². The van der Waals surface area contributed by atoms with Crippen molar-refractivity contribution in [1.82, 2.24) is 0 Å². The average molecular weight is 229 g/mol. The number of benzene rings is 1. The molecule has 0 spiro atoms. The predicted molar refractivity (Wildman–Crippen MR) is 65.0 cm³/mol. The largest absolute Gasteiger partial charge is 0.493 e. The van der Waals surface area contributed by atoms with Gasteiger partial charge in [-0.3, -0.25) is 5.41 Å². The van der Waals surface area contributed by atoms with Gasteiger partial charge in [-0.25, -0.2) is 0 Å². The molecule has 1 aromatic rings. The third kappa shape index (κ3) is 4.70. The molecule has 0 saturated heterocycles. The van der Waals surface area contributed by atoms with Gasteiger partial charge in [0.1, 0.15) is 11.6 Å². The molecule has 3 N–H and O–H groups in total. The number of ether oxygens (including phenoxy) is 1. The number of nitrogens with one attached hydrogen (secondary N) is 1. The Morgan fingerprint density at radius 3 is 2.27 bits per heavy atom. The van der Waals surface area contributed by atoms with Crippen LogP contribution in [0.3, 0.4) is 0 Å². The molecule has 0 aliphatic carbocycles. The van der Waals surface area contributed by atoms with E-state index in [4.69, 9.17) is 15.9 Å². The zero-order valence-corrected chi connectivity index (χ0v) is 9.80. The van der Waals surface area contributed by atoms with Gasteiger partial charge in [0.05, 0.1) is 6.61 Å². The molecule has 0 aliphatic heterocycles. The lowest BCUT2D eigenvalue weighted by molar-refractivity contribution is 0.271. The van der Waals surface area contributed by atoms with Crippen molar-refractivity contribution in [3.05, 3.63) is 29.8 Å². The molecule has 0 unspecified atom stereocenters. The zero-order valence-electron chi connectivity index (χ0n) is 8.99. The quantitative estimate of drug-likeness (QED) is 0.614. The van der Waals surface area contributed by atoms with Crippen LogP contribution in [0.4, 0.5) is 0 Å². The molecule has 0 aromatic heterocycles. The molecular formula is C11H17ClN2O. The molecule has 0 fully saturated rings. The van der Waals surface area contributed by atoms with E-state index in [2.05, 4.69) is 13.8 Å². The van der Waals surface area contributed by atoms with Crippen LogP contribution in [-0.2, 0) is 0 Å². The summed E-state index contributed by atoms with van der Waals surface area (Å²) in [6, 6.07) is 7.24. The zero-order chi connectivity index (χ0) is 10.6. The first kappa shape index (κ1) is 13.8. The molecule has 0 radical (unpaired) electrons. The SMILES string of the molecule is CC(C)COc1ccc(C(=N)N)cc1.Cl. The number of nitrogen functional groups attached to an aromatic ring is 1. The van der Waals surface area contributed by atoms with Crippen molar-refractivity contribution in [1.29, 1.82) is 5.41 Å². The second-order valence-corrected chi connectivity index (χ2v) is 3.64. The molecule has 3 nitrogen and oxygen atoms in total. The third-order valence-corrected chi connectivity index (χ3v) is 1.75. The van der Waals surface area contributed by atoms with Gasteiger partial charge < -0.3 is 10.5 Å². The lowest BCUT2D eigenvalue weighted by Gasteiger charge is -2.08. The molecule has 4 heteroatoms. The molecule has 15 heavy (non-hydrogen) atoms. The molecule has 1 aromatic carbocycles. The van der Waals surface area contributed by atoms with Gasteiger partial charge >= 0.3 is 0 Å². The first-order valence-corrected chi connectivity index (χ1v) is 4.67.